The van der Waals surface area contributed by atoms with Crippen LogP contribution in [0, 0.1) is 16.7 Å². The summed E-state index contributed by atoms with van der Waals surface area (Å²) in [6.45, 7) is 4.92. The maximum absolute atomic E-state index is 13.7. The lowest BCUT2D eigenvalue weighted by Crippen LogP contribution is -2.58. The van der Waals surface area contributed by atoms with Crippen molar-refractivity contribution in [3.63, 3.8) is 0 Å². The number of halogens is 1. The van der Waals surface area contributed by atoms with E-state index in [-0.39, 0.29) is 17.0 Å². The number of fused-ring (bicyclic) bond motifs is 2. The summed E-state index contributed by atoms with van der Waals surface area (Å²) in [4.78, 5) is 27.7. The van der Waals surface area contributed by atoms with Gasteiger partial charge in [0.25, 0.3) is 5.56 Å². The fraction of sp³-hybridized carbons (Fsp3) is 0.208. The minimum atomic E-state index is -0.300. The van der Waals surface area contributed by atoms with Crippen molar-refractivity contribution in [2.24, 2.45) is 5.41 Å². The van der Waals surface area contributed by atoms with Crippen LogP contribution >= 0.6 is 11.6 Å². The molecule has 5 aromatic rings. The molecule has 0 unspecified atom stereocenters. The van der Waals surface area contributed by atoms with E-state index in [1.165, 1.54) is 6.33 Å². The van der Waals surface area contributed by atoms with Crippen LogP contribution in [-0.2, 0) is 0 Å². The monoisotopic (exact) mass is 470 g/mol. The Balaban J connectivity index is 1.63. The predicted molar refractivity (Wildman–Crippen MR) is 128 cm³/mol. The number of benzene rings is 1. The molecule has 10 heteroatoms. The van der Waals surface area contributed by atoms with Gasteiger partial charge >= 0.3 is 0 Å². The average Bonchev–Trinajstić information content (AvgIpc) is 3.41. The van der Waals surface area contributed by atoms with Gasteiger partial charge in [0, 0.05) is 24.4 Å². The summed E-state index contributed by atoms with van der Waals surface area (Å²) in [6.07, 6.45) is 4.80. The normalized spacial score (nSPS) is 17.1. The van der Waals surface area contributed by atoms with E-state index in [9.17, 15) is 10.1 Å². The number of para-hydroxylation sites is 1. The van der Waals surface area contributed by atoms with E-state index >= 15 is 0 Å². The molecule has 5 heterocycles. The molecule has 0 radical (unpaired) electrons. The minimum Gasteiger partial charge on any atom is -0.345 e. The maximum Gasteiger partial charge on any atom is 0.284 e. The van der Waals surface area contributed by atoms with E-state index in [1.807, 2.05) is 30.3 Å². The third kappa shape index (κ3) is 2.79. The highest BCUT2D eigenvalue weighted by Gasteiger charge is 2.50. The predicted octanol–water partition coefficient (Wildman–Crippen LogP) is 3.87. The fourth-order valence-corrected chi connectivity index (χ4v) is 5.14. The van der Waals surface area contributed by atoms with Crippen molar-refractivity contribution in [2.45, 2.75) is 19.9 Å². The number of aromatic nitrogens is 6. The number of nitrogens with zero attached hydrogens (tertiary/aromatic N) is 7. The first kappa shape index (κ1) is 20.4. The van der Waals surface area contributed by atoms with Crippen LogP contribution in [0.15, 0.2) is 59.9 Å². The van der Waals surface area contributed by atoms with E-state index in [0.29, 0.717) is 51.0 Å². The first-order valence-corrected chi connectivity index (χ1v) is 11.1. The summed E-state index contributed by atoms with van der Waals surface area (Å²) in [6, 6.07) is 13.0. The molecule has 0 amide bonds. The van der Waals surface area contributed by atoms with Crippen LogP contribution in [0.25, 0.3) is 22.2 Å². The Kier molecular flexibility index (Phi) is 4.31. The Morgan fingerprint density at radius 2 is 2.00 bits per heavy atom. The van der Waals surface area contributed by atoms with E-state index in [0.717, 1.165) is 0 Å². The van der Waals surface area contributed by atoms with Crippen molar-refractivity contribution in [3.05, 3.63) is 81.9 Å². The lowest BCUT2D eigenvalue weighted by Gasteiger charge is -2.54. The molecule has 1 fully saturated rings. The number of nitrogens with one attached hydrogen (secondary N) is 1. The average molecular weight is 471 g/mol. The molecule has 1 aliphatic heterocycles. The van der Waals surface area contributed by atoms with Crippen molar-refractivity contribution in [1.29, 1.82) is 5.26 Å². The van der Waals surface area contributed by atoms with Crippen molar-refractivity contribution in [2.75, 3.05) is 11.4 Å². The highest BCUT2D eigenvalue weighted by atomic mass is 35.5. The highest BCUT2D eigenvalue weighted by molar-refractivity contribution is 6.33. The van der Waals surface area contributed by atoms with E-state index in [2.05, 4.69) is 39.8 Å². The van der Waals surface area contributed by atoms with Gasteiger partial charge in [0.2, 0.25) is 0 Å². The maximum atomic E-state index is 13.7. The molecule has 168 valence electrons. The molecule has 1 atom stereocenters. The van der Waals surface area contributed by atoms with Crippen molar-refractivity contribution >= 4 is 34.0 Å². The molecule has 1 aliphatic rings. The quantitative estimate of drug-likeness (QED) is 0.429. The Morgan fingerprint density at radius 1 is 1.21 bits per heavy atom. The Labute approximate surface area is 198 Å². The van der Waals surface area contributed by atoms with Crippen LogP contribution in [0.1, 0.15) is 31.3 Å². The zero-order valence-corrected chi connectivity index (χ0v) is 19.2. The van der Waals surface area contributed by atoms with Crippen LogP contribution in [-0.4, -0.2) is 35.7 Å². The second-order valence-electron chi connectivity index (χ2n) is 9.05. The molecule has 1 N–H and O–H groups in total. The lowest BCUT2D eigenvalue weighted by atomic mass is 9.74. The minimum absolute atomic E-state index is 0.235. The molecule has 0 bridgehead atoms. The number of nitriles is 1. The molecule has 1 aromatic carbocycles. The zero-order valence-electron chi connectivity index (χ0n) is 18.4. The van der Waals surface area contributed by atoms with Crippen LogP contribution in [0.3, 0.4) is 0 Å². The smallest absolute Gasteiger partial charge is 0.284 e. The fourth-order valence-electron chi connectivity index (χ4n) is 4.92. The molecule has 0 spiro atoms. The van der Waals surface area contributed by atoms with Crippen molar-refractivity contribution < 1.29 is 0 Å². The number of anilines is 1. The standard InChI is InChI=1S/C24H19ClN8O/c1-24(2)12-31(21-17-14(10-26)11-27-20(17)28-13-29-21)19(24)22-30-32-9-8-16(25)18(32)23(34)33(22)15-6-4-3-5-7-15/h3-9,11,13,19H,12H2,1-2H3,(H,27,28,29)/t19-/m1/s1. The molecule has 34 heavy (non-hydrogen) atoms. The largest absolute Gasteiger partial charge is 0.345 e. The second-order valence-corrected chi connectivity index (χ2v) is 9.45. The Bertz CT molecular complexity index is 1670. The zero-order chi connectivity index (χ0) is 23.6. The van der Waals surface area contributed by atoms with Crippen molar-refractivity contribution in [1.82, 2.24) is 29.1 Å². The summed E-state index contributed by atoms with van der Waals surface area (Å²) in [7, 11) is 0. The molecule has 9 nitrogen and oxygen atoms in total. The van der Waals surface area contributed by atoms with Gasteiger partial charge in [-0.15, -0.1) is 0 Å². The third-order valence-electron chi connectivity index (χ3n) is 6.39. The number of hydrogen-bond donors (Lipinski definition) is 1. The molecule has 6 rings (SSSR count). The molecule has 1 saturated heterocycles. The summed E-state index contributed by atoms with van der Waals surface area (Å²) < 4.78 is 3.17. The van der Waals surface area contributed by atoms with Crippen LogP contribution in [0.5, 0.6) is 0 Å². The van der Waals surface area contributed by atoms with Crippen LogP contribution in [0.2, 0.25) is 5.02 Å². The SMILES string of the molecule is CC1(C)CN(c2ncnc3[nH]cc(C#N)c23)[C@@H]1c1nn2ccc(Cl)c2c(=O)n1-c1ccccc1. The molecular formula is C24H19ClN8O. The second kappa shape index (κ2) is 7.17. The highest BCUT2D eigenvalue weighted by Crippen LogP contribution is 2.51. The number of rotatable bonds is 3. The van der Waals surface area contributed by atoms with E-state index < -0.39 is 0 Å². The van der Waals surface area contributed by atoms with E-state index in [1.54, 1.807) is 27.5 Å². The van der Waals surface area contributed by atoms with Gasteiger partial charge in [-0.3, -0.25) is 9.36 Å². The van der Waals surface area contributed by atoms with Crippen LogP contribution < -0.4 is 10.5 Å². The Morgan fingerprint density at radius 3 is 2.74 bits per heavy atom. The van der Waals surface area contributed by atoms with Gasteiger partial charge in [0.05, 0.1) is 27.7 Å². The van der Waals surface area contributed by atoms with E-state index in [4.69, 9.17) is 16.7 Å². The molecule has 4 aromatic heterocycles. The third-order valence-corrected chi connectivity index (χ3v) is 6.70. The lowest BCUT2D eigenvalue weighted by molar-refractivity contribution is 0.166. The molecular weight excluding hydrogens is 452 g/mol. The summed E-state index contributed by atoms with van der Waals surface area (Å²) in [5, 5.41) is 15.5. The van der Waals surface area contributed by atoms with Gasteiger partial charge in [-0.25, -0.2) is 14.5 Å². The summed E-state index contributed by atoms with van der Waals surface area (Å²) in [5.41, 5.74) is 1.59. The Hall–Kier alpha value is -4.16. The summed E-state index contributed by atoms with van der Waals surface area (Å²) >= 11 is 6.35. The number of hydrogen-bond acceptors (Lipinski definition) is 6. The number of H-pyrrole nitrogens is 1. The van der Waals surface area contributed by atoms with Gasteiger partial charge in [0.15, 0.2) is 5.82 Å². The topological polar surface area (TPSA) is 108 Å². The molecule has 0 saturated carbocycles. The van der Waals surface area contributed by atoms with Crippen molar-refractivity contribution in [3.8, 4) is 11.8 Å². The van der Waals surface area contributed by atoms with Gasteiger partial charge in [-0.2, -0.15) is 10.4 Å². The number of aromatic amines is 1. The van der Waals surface area contributed by atoms with Gasteiger partial charge < -0.3 is 9.88 Å². The summed E-state index contributed by atoms with van der Waals surface area (Å²) in [5.74, 6) is 1.19. The van der Waals surface area contributed by atoms with Gasteiger partial charge in [-0.1, -0.05) is 43.6 Å². The van der Waals surface area contributed by atoms with Crippen LogP contribution in [0.4, 0.5) is 5.82 Å². The van der Waals surface area contributed by atoms with Gasteiger partial charge in [0.1, 0.15) is 29.4 Å². The van der Waals surface area contributed by atoms with Gasteiger partial charge in [-0.05, 0) is 18.2 Å². The first-order valence-electron chi connectivity index (χ1n) is 10.7. The first-order chi connectivity index (χ1) is 16.4. The molecule has 0 aliphatic carbocycles.